The van der Waals surface area contributed by atoms with Crippen molar-refractivity contribution in [2.24, 2.45) is 5.92 Å². The fraction of sp³-hybridized carbons (Fsp3) is 0.476. The minimum Gasteiger partial charge on any atom is -0.396 e. The molecule has 3 rings (SSSR count). The lowest BCUT2D eigenvalue weighted by Gasteiger charge is -2.16. The van der Waals surface area contributed by atoms with Crippen molar-refractivity contribution in [2.75, 3.05) is 6.61 Å². The molecule has 1 aliphatic carbocycles. The van der Waals surface area contributed by atoms with Crippen molar-refractivity contribution in [3.63, 3.8) is 0 Å². The van der Waals surface area contributed by atoms with Crippen LogP contribution in [0.25, 0.3) is 11.3 Å². The second-order valence-electron chi connectivity index (χ2n) is 6.70. The Balaban J connectivity index is 0.00000117. The summed E-state index contributed by atoms with van der Waals surface area (Å²) in [6, 6.07) is 4.88. The van der Waals surface area contributed by atoms with Crippen molar-refractivity contribution < 1.29 is 18.3 Å². The summed E-state index contributed by atoms with van der Waals surface area (Å²) in [5.41, 5.74) is 0.683. The molecular weight excluding hydrogens is 339 g/mol. The Hall–Kier alpha value is -1.88. The molecule has 26 heavy (non-hydrogen) atoms. The van der Waals surface area contributed by atoms with E-state index >= 15 is 0 Å². The first-order valence-electron chi connectivity index (χ1n) is 9.19. The maximum absolute atomic E-state index is 14.3. The summed E-state index contributed by atoms with van der Waals surface area (Å²) in [5, 5.41) is 9.57. The third kappa shape index (κ3) is 4.26. The summed E-state index contributed by atoms with van der Waals surface area (Å²) in [4.78, 5) is 4.27. The van der Waals surface area contributed by atoms with Crippen LogP contribution in [0.1, 0.15) is 63.6 Å². The summed E-state index contributed by atoms with van der Waals surface area (Å²) < 4.78 is 42.4. The van der Waals surface area contributed by atoms with Crippen LogP contribution in [0, 0.1) is 23.4 Å². The van der Waals surface area contributed by atoms with Gasteiger partial charge >= 0.3 is 0 Å². The average molecular weight is 365 g/mol. The minimum absolute atomic E-state index is 0.0491. The van der Waals surface area contributed by atoms with Crippen LogP contribution in [-0.2, 0) is 0 Å². The van der Waals surface area contributed by atoms with Crippen LogP contribution < -0.4 is 0 Å². The zero-order valence-electron chi connectivity index (χ0n) is 15.7. The Labute approximate surface area is 153 Å². The molecule has 1 saturated carbocycles. The summed E-state index contributed by atoms with van der Waals surface area (Å²) in [5.74, 6) is -2.14. The van der Waals surface area contributed by atoms with Gasteiger partial charge in [0, 0.05) is 23.2 Å². The van der Waals surface area contributed by atoms with E-state index in [2.05, 4.69) is 4.98 Å². The van der Waals surface area contributed by atoms with Crippen molar-refractivity contribution in [1.29, 1.82) is 0 Å². The predicted octanol–water partition coefficient (Wildman–Crippen LogP) is 5.80. The number of pyridine rings is 1. The number of nitrogens with zero attached hydrogens (tertiary/aromatic N) is 1. The van der Waals surface area contributed by atoms with E-state index in [-0.39, 0.29) is 29.7 Å². The van der Waals surface area contributed by atoms with Crippen LogP contribution in [0.2, 0.25) is 0 Å². The number of benzene rings is 1. The number of hydrogen-bond donors (Lipinski definition) is 1. The van der Waals surface area contributed by atoms with Crippen molar-refractivity contribution in [2.45, 2.75) is 52.4 Å². The molecule has 1 atom stereocenters. The van der Waals surface area contributed by atoms with Crippen LogP contribution in [0.15, 0.2) is 24.3 Å². The summed E-state index contributed by atoms with van der Waals surface area (Å²) in [6.45, 7) is 7.50. The van der Waals surface area contributed by atoms with E-state index in [1.165, 1.54) is 18.2 Å². The normalized spacial score (nSPS) is 14.8. The van der Waals surface area contributed by atoms with Crippen LogP contribution >= 0.6 is 0 Å². The first-order chi connectivity index (χ1) is 12.4. The highest BCUT2D eigenvalue weighted by atomic mass is 19.1. The zero-order chi connectivity index (χ0) is 19.4. The van der Waals surface area contributed by atoms with E-state index in [0.29, 0.717) is 17.2 Å². The quantitative estimate of drug-likeness (QED) is 0.726. The number of halogens is 3. The number of aliphatic hydroxyl groups excluding tert-OH is 1. The van der Waals surface area contributed by atoms with Crippen molar-refractivity contribution in [1.82, 2.24) is 4.98 Å². The molecule has 1 aromatic heterocycles. The van der Waals surface area contributed by atoms with Gasteiger partial charge in [-0.05, 0) is 48.4 Å². The molecule has 2 nitrogen and oxygen atoms in total. The molecule has 1 heterocycles. The van der Waals surface area contributed by atoms with Crippen molar-refractivity contribution in [3.8, 4) is 11.3 Å². The molecule has 1 N–H and O–H groups in total. The first kappa shape index (κ1) is 20.4. The van der Waals surface area contributed by atoms with Crippen LogP contribution in [0.3, 0.4) is 0 Å². The Bertz CT molecular complexity index is 757. The molecule has 0 aliphatic heterocycles. The van der Waals surface area contributed by atoms with E-state index in [9.17, 15) is 18.3 Å². The second-order valence-corrected chi connectivity index (χ2v) is 6.70. The van der Waals surface area contributed by atoms with Gasteiger partial charge in [0.25, 0.3) is 0 Å². The van der Waals surface area contributed by atoms with Gasteiger partial charge in [-0.3, -0.25) is 0 Å². The molecule has 0 bridgehead atoms. The molecular formula is C21H26F3NO. The molecule has 0 spiro atoms. The highest BCUT2D eigenvalue weighted by Gasteiger charge is 2.33. The highest BCUT2D eigenvalue weighted by Crippen LogP contribution is 2.42. The van der Waals surface area contributed by atoms with Gasteiger partial charge in [0.1, 0.15) is 23.1 Å². The van der Waals surface area contributed by atoms with E-state index in [1.807, 2.05) is 13.8 Å². The van der Waals surface area contributed by atoms with E-state index in [0.717, 1.165) is 18.9 Å². The monoisotopic (exact) mass is 365 g/mol. The molecule has 1 fully saturated rings. The van der Waals surface area contributed by atoms with Gasteiger partial charge in [-0.15, -0.1) is 0 Å². The van der Waals surface area contributed by atoms with Crippen LogP contribution in [0.5, 0.6) is 0 Å². The van der Waals surface area contributed by atoms with Gasteiger partial charge in [0.05, 0.1) is 6.61 Å². The smallest absolute Gasteiger partial charge is 0.149 e. The lowest BCUT2D eigenvalue weighted by atomic mass is 9.96. The standard InChI is InChI=1S/C19H20F3NO.C2H6/c1-10(2)12-7-13(17(22)8-16(12)21)19-15(20)5-6-18(23-19)14(9-24)11-3-4-11;1-2/h5-8,10-11,14,24H,3-4,9H2,1-2H3;1-2H3. The fourth-order valence-corrected chi connectivity index (χ4v) is 3.02. The SMILES string of the molecule is CC.CC(C)c1cc(-c2nc(C(CO)C3CC3)ccc2F)c(F)cc1F. The first-order valence-corrected chi connectivity index (χ1v) is 9.19. The number of aromatic nitrogens is 1. The van der Waals surface area contributed by atoms with Gasteiger partial charge in [-0.2, -0.15) is 0 Å². The van der Waals surface area contributed by atoms with Crippen molar-refractivity contribution in [3.05, 3.63) is 53.0 Å². The maximum Gasteiger partial charge on any atom is 0.149 e. The van der Waals surface area contributed by atoms with Gasteiger partial charge in [0.2, 0.25) is 0 Å². The molecule has 2 aromatic rings. The van der Waals surface area contributed by atoms with Gasteiger partial charge in [-0.1, -0.05) is 27.7 Å². The van der Waals surface area contributed by atoms with Gasteiger partial charge < -0.3 is 5.11 Å². The Morgan fingerprint density at radius 1 is 1.04 bits per heavy atom. The fourth-order valence-electron chi connectivity index (χ4n) is 3.02. The van der Waals surface area contributed by atoms with E-state index in [4.69, 9.17) is 0 Å². The molecule has 1 unspecified atom stereocenters. The number of rotatable bonds is 5. The summed E-state index contributed by atoms with van der Waals surface area (Å²) in [6.07, 6.45) is 2.00. The maximum atomic E-state index is 14.3. The third-order valence-electron chi connectivity index (χ3n) is 4.60. The molecule has 1 aromatic carbocycles. The van der Waals surface area contributed by atoms with Gasteiger partial charge in [-0.25, -0.2) is 18.2 Å². The zero-order valence-corrected chi connectivity index (χ0v) is 15.7. The summed E-state index contributed by atoms with van der Waals surface area (Å²) >= 11 is 0. The van der Waals surface area contributed by atoms with Crippen LogP contribution in [-0.4, -0.2) is 16.7 Å². The molecule has 0 radical (unpaired) electrons. The van der Waals surface area contributed by atoms with Crippen molar-refractivity contribution >= 4 is 0 Å². The highest BCUT2D eigenvalue weighted by molar-refractivity contribution is 5.62. The largest absolute Gasteiger partial charge is 0.396 e. The molecule has 5 heteroatoms. The second kappa shape index (κ2) is 8.67. The van der Waals surface area contributed by atoms with E-state index in [1.54, 1.807) is 13.8 Å². The third-order valence-corrected chi connectivity index (χ3v) is 4.60. The lowest BCUT2D eigenvalue weighted by Crippen LogP contribution is -2.10. The molecule has 142 valence electrons. The van der Waals surface area contributed by atoms with Crippen LogP contribution in [0.4, 0.5) is 13.2 Å². The Morgan fingerprint density at radius 2 is 1.69 bits per heavy atom. The molecule has 0 saturated heterocycles. The predicted molar refractivity (Wildman–Crippen MR) is 97.5 cm³/mol. The number of hydrogen-bond acceptors (Lipinski definition) is 2. The Kier molecular flexibility index (Phi) is 6.81. The minimum atomic E-state index is -0.840. The average Bonchev–Trinajstić information content (AvgIpc) is 3.44. The number of aliphatic hydroxyl groups is 1. The Morgan fingerprint density at radius 3 is 2.23 bits per heavy atom. The van der Waals surface area contributed by atoms with E-state index < -0.39 is 17.5 Å². The lowest BCUT2D eigenvalue weighted by molar-refractivity contribution is 0.250. The van der Waals surface area contributed by atoms with Gasteiger partial charge in [0.15, 0.2) is 0 Å². The molecule has 0 amide bonds. The molecule has 1 aliphatic rings. The topological polar surface area (TPSA) is 33.1 Å². The summed E-state index contributed by atoms with van der Waals surface area (Å²) in [7, 11) is 0.